The highest BCUT2D eigenvalue weighted by molar-refractivity contribution is 6.36. The molecule has 0 aliphatic carbocycles. The summed E-state index contributed by atoms with van der Waals surface area (Å²) in [4.78, 5) is 27.7. The summed E-state index contributed by atoms with van der Waals surface area (Å²) < 4.78 is 18.6. The molecule has 1 aliphatic rings. The van der Waals surface area contributed by atoms with E-state index in [0.717, 1.165) is 5.56 Å². The van der Waals surface area contributed by atoms with E-state index in [1.807, 2.05) is 30.3 Å². The normalized spacial score (nSPS) is 13.7. The lowest BCUT2D eigenvalue weighted by molar-refractivity contribution is -0.136. The molecular formula is C25H21FN2O3. The van der Waals surface area contributed by atoms with Crippen molar-refractivity contribution in [2.75, 3.05) is 19.0 Å². The number of imide groups is 1. The van der Waals surface area contributed by atoms with E-state index < -0.39 is 17.6 Å². The van der Waals surface area contributed by atoms with Gasteiger partial charge in [0.2, 0.25) is 0 Å². The Morgan fingerprint density at radius 2 is 1.55 bits per heavy atom. The van der Waals surface area contributed by atoms with Crippen LogP contribution >= 0.6 is 0 Å². The molecule has 0 aromatic heterocycles. The zero-order chi connectivity index (χ0) is 21.8. The van der Waals surface area contributed by atoms with E-state index in [1.165, 1.54) is 29.2 Å². The SMILES string of the molecule is COc1ccc(NC2=C(c3ccc(F)cc3)C(=O)N(CCc3ccccc3)C2=O)cc1. The van der Waals surface area contributed by atoms with Crippen LogP contribution in [0.3, 0.4) is 0 Å². The van der Waals surface area contributed by atoms with Gasteiger partial charge in [0, 0.05) is 12.2 Å². The topological polar surface area (TPSA) is 58.6 Å². The molecule has 1 aliphatic heterocycles. The number of hydrogen-bond acceptors (Lipinski definition) is 4. The van der Waals surface area contributed by atoms with Gasteiger partial charge in [-0.25, -0.2) is 4.39 Å². The number of anilines is 1. The van der Waals surface area contributed by atoms with Crippen molar-refractivity contribution in [3.63, 3.8) is 0 Å². The molecule has 0 radical (unpaired) electrons. The highest BCUT2D eigenvalue weighted by Crippen LogP contribution is 2.31. The summed E-state index contributed by atoms with van der Waals surface area (Å²) in [5.41, 5.74) is 2.56. The fourth-order valence-corrected chi connectivity index (χ4v) is 3.48. The fraction of sp³-hybridized carbons (Fsp3) is 0.120. The van der Waals surface area contributed by atoms with Crippen molar-refractivity contribution < 1.29 is 18.7 Å². The van der Waals surface area contributed by atoms with Crippen LogP contribution in [0.4, 0.5) is 10.1 Å². The van der Waals surface area contributed by atoms with Crippen LogP contribution in [0, 0.1) is 5.82 Å². The van der Waals surface area contributed by atoms with Gasteiger partial charge in [-0.1, -0.05) is 42.5 Å². The van der Waals surface area contributed by atoms with E-state index in [-0.39, 0.29) is 17.8 Å². The summed E-state index contributed by atoms with van der Waals surface area (Å²) in [6, 6.07) is 22.3. The number of halogens is 1. The van der Waals surface area contributed by atoms with Crippen LogP contribution < -0.4 is 10.1 Å². The Hall–Kier alpha value is -3.93. The van der Waals surface area contributed by atoms with E-state index in [1.54, 1.807) is 31.4 Å². The van der Waals surface area contributed by atoms with Gasteiger partial charge in [-0.05, 0) is 53.9 Å². The monoisotopic (exact) mass is 416 g/mol. The quantitative estimate of drug-likeness (QED) is 0.585. The van der Waals surface area contributed by atoms with E-state index in [9.17, 15) is 14.0 Å². The first-order valence-electron chi connectivity index (χ1n) is 9.88. The Balaban J connectivity index is 1.65. The lowest BCUT2D eigenvalue weighted by atomic mass is 10.0. The van der Waals surface area contributed by atoms with Crippen LogP contribution in [0.15, 0.2) is 84.6 Å². The van der Waals surface area contributed by atoms with Gasteiger partial charge < -0.3 is 10.1 Å². The first-order valence-corrected chi connectivity index (χ1v) is 9.88. The first-order chi connectivity index (χ1) is 15.1. The molecule has 4 rings (SSSR count). The minimum Gasteiger partial charge on any atom is -0.497 e. The molecule has 0 unspecified atom stereocenters. The van der Waals surface area contributed by atoms with Crippen molar-refractivity contribution in [1.29, 1.82) is 0 Å². The molecule has 5 nitrogen and oxygen atoms in total. The minimum absolute atomic E-state index is 0.176. The molecule has 0 spiro atoms. The van der Waals surface area contributed by atoms with Crippen LogP contribution in [0.2, 0.25) is 0 Å². The smallest absolute Gasteiger partial charge is 0.278 e. The molecule has 3 aromatic rings. The number of carbonyl (C=O) groups excluding carboxylic acids is 2. The van der Waals surface area contributed by atoms with Gasteiger partial charge >= 0.3 is 0 Å². The predicted octanol–water partition coefficient (Wildman–Crippen LogP) is 4.27. The van der Waals surface area contributed by atoms with Crippen LogP contribution in [-0.2, 0) is 16.0 Å². The molecule has 0 saturated carbocycles. The summed E-state index contributed by atoms with van der Waals surface area (Å²) >= 11 is 0. The molecule has 3 aromatic carbocycles. The fourth-order valence-electron chi connectivity index (χ4n) is 3.48. The van der Waals surface area contributed by atoms with Crippen molar-refractivity contribution in [3.05, 3.63) is 102 Å². The molecule has 31 heavy (non-hydrogen) atoms. The molecule has 0 bridgehead atoms. The second-order valence-corrected chi connectivity index (χ2v) is 7.11. The van der Waals surface area contributed by atoms with Crippen molar-refractivity contribution in [2.24, 2.45) is 0 Å². The van der Waals surface area contributed by atoms with Gasteiger partial charge in [-0.2, -0.15) is 0 Å². The molecular weight excluding hydrogens is 395 g/mol. The average molecular weight is 416 g/mol. The third-order valence-electron chi connectivity index (χ3n) is 5.13. The zero-order valence-corrected chi connectivity index (χ0v) is 17.0. The second-order valence-electron chi connectivity index (χ2n) is 7.11. The lowest BCUT2D eigenvalue weighted by Crippen LogP contribution is -2.34. The number of nitrogens with zero attached hydrogens (tertiary/aromatic N) is 1. The molecule has 1 N–H and O–H groups in total. The minimum atomic E-state index is -0.410. The van der Waals surface area contributed by atoms with Crippen molar-refractivity contribution in [2.45, 2.75) is 6.42 Å². The Morgan fingerprint density at radius 1 is 0.871 bits per heavy atom. The van der Waals surface area contributed by atoms with Gasteiger partial charge in [-0.15, -0.1) is 0 Å². The van der Waals surface area contributed by atoms with E-state index in [4.69, 9.17) is 4.74 Å². The maximum atomic E-state index is 13.4. The molecule has 156 valence electrons. The molecule has 6 heteroatoms. The summed E-state index contributed by atoms with van der Waals surface area (Å²) in [6.07, 6.45) is 0.546. The molecule has 0 atom stereocenters. The summed E-state index contributed by atoms with van der Waals surface area (Å²) in [5.74, 6) is -0.539. The van der Waals surface area contributed by atoms with E-state index in [0.29, 0.717) is 23.4 Å². The van der Waals surface area contributed by atoms with Gasteiger partial charge in [0.15, 0.2) is 0 Å². The van der Waals surface area contributed by atoms with Crippen LogP contribution in [-0.4, -0.2) is 30.4 Å². The Kier molecular flexibility index (Phi) is 5.80. The van der Waals surface area contributed by atoms with Gasteiger partial charge in [0.1, 0.15) is 17.3 Å². The van der Waals surface area contributed by atoms with Crippen molar-refractivity contribution >= 4 is 23.1 Å². The molecule has 0 fully saturated rings. The van der Waals surface area contributed by atoms with E-state index in [2.05, 4.69) is 5.32 Å². The molecule has 0 saturated heterocycles. The maximum absolute atomic E-state index is 13.4. The number of benzene rings is 3. The zero-order valence-electron chi connectivity index (χ0n) is 17.0. The largest absolute Gasteiger partial charge is 0.497 e. The van der Waals surface area contributed by atoms with Crippen LogP contribution in [0.5, 0.6) is 5.75 Å². The van der Waals surface area contributed by atoms with Crippen molar-refractivity contribution in [1.82, 2.24) is 4.90 Å². The maximum Gasteiger partial charge on any atom is 0.278 e. The lowest BCUT2D eigenvalue weighted by Gasteiger charge is -2.15. The average Bonchev–Trinajstić information content (AvgIpc) is 3.03. The van der Waals surface area contributed by atoms with Gasteiger partial charge in [0.05, 0.1) is 12.7 Å². The molecule has 1 heterocycles. The predicted molar refractivity (Wildman–Crippen MR) is 117 cm³/mol. The highest BCUT2D eigenvalue weighted by atomic mass is 19.1. The highest BCUT2D eigenvalue weighted by Gasteiger charge is 2.38. The number of hydrogen-bond donors (Lipinski definition) is 1. The van der Waals surface area contributed by atoms with Crippen LogP contribution in [0.1, 0.15) is 11.1 Å². The summed E-state index contributed by atoms with van der Waals surface area (Å²) in [6.45, 7) is 0.250. The second kappa shape index (κ2) is 8.83. The third kappa shape index (κ3) is 4.33. The number of nitrogens with one attached hydrogen (secondary N) is 1. The summed E-state index contributed by atoms with van der Waals surface area (Å²) in [5, 5.41) is 3.08. The van der Waals surface area contributed by atoms with E-state index >= 15 is 0 Å². The Morgan fingerprint density at radius 3 is 2.19 bits per heavy atom. The standard InChI is InChI=1S/C25H21FN2O3/c1-31-21-13-11-20(12-14-21)27-23-22(18-7-9-19(26)10-8-18)24(29)28(25(23)30)16-15-17-5-3-2-4-6-17/h2-14,27H,15-16H2,1H3. The third-order valence-corrected chi connectivity index (χ3v) is 5.13. The van der Waals surface area contributed by atoms with Crippen LogP contribution in [0.25, 0.3) is 5.57 Å². The first kappa shape index (κ1) is 20.3. The number of ether oxygens (including phenoxy) is 1. The van der Waals surface area contributed by atoms with Gasteiger partial charge in [0.25, 0.3) is 11.8 Å². The number of methoxy groups -OCH3 is 1. The number of rotatable bonds is 7. The Bertz CT molecular complexity index is 1120. The molecule has 2 amide bonds. The van der Waals surface area contributed by atoms with Gasteiger partial charge in [-0.3, -0.25) is 14.5 Å². The van der Waals surface area contributed by atoms with Crippen molar-refractivity contribution in [3.8, 4) is 5.75 Å². The number of carbonyl (C=O) groups is 2. The number of amides is 2. The summed E-state index contributed by atoms with van der Waals surface area (Å²) in [7, 11) is 1.57. The Labute approximate surface area is 179 Å².